The van der Waals surface area contributed by atoms with Crippen molar-refractivity contribution in [3.8, 4) is 11.1 Å². The summed E-state index contributed by atoms with van der Waals surface area (Å²) in [6, 6.07) is 6.55. The Balaban J connectivity index is 2.21. The summed E-state index contributed by atoms with van der Waals surface area (Å²) in [5, 5.41) is 3.75. The van der Waals surface area contributed by atoms with E-state index in [9.17, 15) is 21.6 Å². The van der Waals surface area contributed by atoms with E-state index in [0.717, 1.165) is 29.4 Å². The number of fused-ring (bicyclic) bond motifs is 1. The van der Waals surface area contributed by atoms with Gasteiger partial charge >= 0.3 is 6.18 Å². The van der Waals surface area contributed by atoms with E-state index in [-0.39, 0.29) is 16.1 Å². The lowest BCUT2D eigenvalue weighted by Gasteiger charge is -2.10. The van der Waals surface area contributed by atoms with Crippen LogP contribution in [0.5, 0.6) is 0 Å². The van der Waals surface area contributed by atoms with Gasteiger partial charge in [0.15, 0.2) is 15.5 Å². The highest BCUT2D eigenvalue weighted by Gasteiger charge is 2.32. The van der Waals surface area contributed by atoms with E-state index >= 15 is 0 Å². The number of pyridine rings is 1. The van der Waals surface area contributed by atoms with Gasteiger partial charge in [-0.2, -0.15) is 18.3 Å². The van der Waals surface area contributed by atoms with Gasteiger partial charge in [0.2, 0.25) is 0 Å². The molecule has 3 aromatic rings. The van der Waals surface area contributed by atoms with Crippen molar-refractivity contribution in [1.82, 2.24) is 14.6 Å². The second-order valence-electron chi connectivity index (χ2n) is 4.96. The van der Waals surface area contributed by atoms with E-state index in [1.165, 1.54) is 24.3 Å². The fraction of sp³-hybridized carbons (Fsp3) is 0.143. The second kappa shape index (κ2) is 5.05. The summed E-state index contributed by atoms with van der Waals surface area (Å²) in [4.78, 5) is 4.04. The molecule has 120 valence electrons. The van der Waals surface area contributed by atoms with Crippen LogP contribution in [-0.4, -0.2) is 29.3 Å². The van der Waals surface area contributed by atoms with Crippen LogP contribution in [0, 0.1) is 0 Å². The quantitative estimate of drug-likeness (QED) is 0.719. The summed E-state index contributed by atoms with van der Waals surface area (Å²) < 4.78 is 63.0. The van der Waals surface area contributed by atoms with Gasteiger partial charge in [-0.15, -0.1) is 0 Å². The molecule has 0 atom stereocenters. The zero-order valence-electron chi connectivity index (χ0n) is 11.7. The number of halogens is 3. The number of nitrogens with zero attached hydrogens (tertiary/aromatic N) is 3. The first-order chi connectivity index (χ1) is 10.7. The lowest BCUT2D eigenvalue weighted by molar-refractivity contribution is -0.137. The summed E-state index contributed by atoms with van der Waals surface area (Å²) in [6.07, 6.45) is -1.45. The van der Waals surface area contributed by atoms with Gasteiger partial charge in [0, 0.05) is 18.0 Å². The molecule has 0 saturated carbocycles. The zero-order valence-corrected chi connectivity index (χ0v) is 12.6. The van der Waals surface area contributed by atoms with Gasteiger partial charge in [0.05, 0.1) is 10.5 Å². The van der Waals surface area contributed by atoms with Gasteiger partial charge in [-0.05, 0) is 23.8 Å². The zero-order chi connectivity index (χ0) is 16.8. The van der Waals surface area contributed by atoms with Gasteiger partial charge in [0.1, 0.15) is 6.33 Å². The van der Waals surface area contributed by atoms with Crippen molar-refractivity contribution in [2.75, 3.05) is 6.26 Å². The molecular formula is C14H10F3N3O2S. The molecule has 0 N–H and O–H groups in total. The Morgan fingerprint density at radius 1 is 1.13 bits per heavy atom. The minimum Gasteiger partial charge on any atom is -0.224 e. The molecule has 1 aromatic carbocycles. The highest BCUT2D eigenvalue weighted by atomic mass is 32.2. The summed E-state index contributed by atoms with van der Waals surface area (Å²) >= 11 is 0. The third kappa shape index (κ3) is 2.91. The predicted molar refractivity (Wildman–Crippen MR) is 76.5 cm³/mol. The number of sulfone groups is 1. The number of rotatable bonds is 2. The molecule has 23 heavy (non-hydrogen) atoms. The molecule has 0 radical (unpaired) electrons. The van der Waals surface area contributed by atoms with Crippen LogP contribution >= 0.6 is 0 Å². The van der Waals surface area contributed by atoms with Crippen LogP contribution in [-0.2, 0) is 16.0 Å². The normalized spacial score (nSPS) is 12.7. The molecule has 0 bridgehead atoms. The molecule has 2 heterocycles. The van der Waals surface area contributed by atoms with Gasteiger partial charge in [-0.3, -0.25) is 0 Å². The van der Waals surface area contributed by atoms with Crippen LogP contribution in [0.1, 0.15) is 5.56 Å². The minimum absolute atomic E-state index is 0.0886. The SMILES string of the molecule is CS(=O)(=O)c1ccc(-c2cc(C(F)(F)F)cn3ncnc23)cc1. The Kier molecular flexibility index (Phi) is 3.40. The topological polar surface area (TPSA) is 64.3 Å². The largest absolute Gasteiger partial charge is 0.417 e. The number of hydrogen-bond acceptors (Lipinski definition) is 4. The van der Waals surface area contributed by atoms with Crippen LogP contribution in [0.15, 0.2) is 47.8 Å². The second-order valence-corrected chi connectivity index (χ2v) is 6.98. The van der Waals surface area contributed by atoms with Crippen LogP contribution in [0.25, 0.3) is 16.8 Å². The van der Waals surface area contributed by atoms with E-state index in [0.29, 0.717) is 5.56 Å². The summed E-state index contributed by atoms with van der Waals surface area (Å²) in [6.45, 7) is 0. The van der Waals surface area contributed by atoms with Crippen LogP contribution < -0.4 is 0 Å². The summed E-state index contributed by atoms with van der Waals surface area (Å²) in [5.41, 5.74) is 0.0293. The lowest BCUT2D eigenvalue weighted by atomic mass is 10.1. The average molecular weight is 341 g/mol. The van der Waals surface area contributed by atoms with Crippen LogP contribution in [0.4, 0.5) is 13.2 Å². The molecule has 0 fully saturated rings. The standard InChI is InChI=1S/C14H10F3N3O2S/c1-23(21,22)11-4-2-9(3-5-11)12-6-10(14(15,16)17)7-20-13(12)18-8-19-20/h2-8H,1H3. The molecule has 9 heteroatoms. The van der Waals surface area contributed by atoms with Crippen molar-refractivity contribution < 1.29 is 21.6 Å². The maximum atomic E-state index is 13.0. The monoisotopic (exact) mass is 341 g/mol. The van der Waals surface area contributed by atoms with Gasteiger partial charge < -0.3 is 0 Å². The number of aromatic nitrogens is 3. The molecule has 0 amide bonds. The highest BCUT2D eigenvalue weighted by molar-refractivity contribution is 7.90. The summed E-state index contributed by atoms with van der Waals surface area (Å²) in [5.74, 6) is 0. The van der Waals surface area contributed by atoms with E-state index in [4.69, 9.17) is 0 Å². The maximum Gasteiger partial charge on any atom is 0.417 e. The Bertz CT molecular complexity index is 977. The Labute approximate surface area is 129 Å². The van der Waals surface area contributed by atoms with Crippen molar-refractivity contribution in [2.24, 2.45) is 0 Å². The fourth-order valence-corrected chi connectivity index (χ4v) is 2.81. The average Bonchev–Trinajstić information content (AvgIpc) is 2.93. The minimum atomic E-state index is -4.53. The predicted octanol–water partition coefficient (Wildman–Crippen LogP) is 2.82. The molecular weight excluding hydrogens is 331 g/mol. The molecule has 5 nitrogen and oxygen atoms in total. The summed E-state index contributed by atoms with van der Waals surface area (Å²) in [7, 11) is -3.38. The number of benzene rings is 1. The van der Waals surface area contributed by atoms with E-state index in [1.54, 1.807) is 0 Å². The molecule has 0 aliphatic rings. The first-order valence-corrected chi connectivity index (χ1v) is 8.26. The van der Waals surface area contributed by atoms with E-state index in [1.807, 2.05) is 0 Å². The molecule has 3 rings (SSSR count). The van der Waals surface area contributed by atoms with E-state index in [2.05, 4.69) is 10.1 Å². The third-order valence-electron chi connectivity index (χ3n) is 3.30. The Morgan fingerprint density at radius 3 is 2.35 bits per heavy atom. The lowest BCUT2D eigenvalue weighted by Crippen LogP contribution is -2.07. The van der Waals surface area contributed by atoms with Gasteiger partial charge in [-0.1, -0.05) is 12.1 Å². The first-order valence-electron chi connectivity index (χ1n) is 6.37. The molecule has 2 aromatic heterocycles. The van der Waals surface area contributed by atoms with Gasteiger partial charge in [0.25, 0.3) is 0 Å². The number of hydrogen-bond donors (Lipinski definition) is 0. The van der Waals surface area contributed by atoms with Crippen molar-refractivity contribution in [2.45, 2.75) is 11.1 Å². The fourth-order valence-electron chi connectivity index (χ4n) is 2.18. The van der Waals surface area contributed by atoms with Crippen LogP contribution in [0.2, 0.25) is 0 Å². The molecule has 0 spiro atoms. The van der Waals surface area contributed by atoms with Crippen molar-refractivity contribution in [3.05, 3.63) is 48.4 Å². The third-order valence-corrected chi connectivity index (χ3v) is 4.42. The van der Waals surface area contributed by atoms with Crippen LogP contribution in [0.3, 0.4) is 0 Å². The molecule has 0 aliphatic carbocycles. The smallest absolute Gasteiger partial charge is 0.224 e. The molecule has 0 unspecified atom stereocenters. The maximum absolute atomic E-state index is 13.0. The Morgan fingerprint density at radius 2 is 1.78 bits per heavy atom. The van der Waals surface area contributed by atoms with Crippen molar-refractivity contribution in [1.29, 1.82) is 0 Å². The first kappa shape index (κ1) is 15.5. The van der Waals surface area contributed by atoms with Gasteiger partial charge in [-0.25, -0.2) is 17.9 Å². The Hall–Kier alpha value is -2.42. The van der Waals surface area contributed by atoms with Crippen molar-refractivity contribution >= 4 is 15.5 Å². The molecule has 0 saturated heterocycles. The number of alkyl halides is 3. The van der Waals surface area contributed by atoms with Crippen molar-refractivity contribution in [3.63, 3.8) is 0 Å². The molecule has 0 aliphatic heterocycles. The highest BCUT2D eigenvalue weighted by Crippen LogP contribution is 2.33. The van der Waals surface area contributed by atoms with E-state index < -0.39 is 21.6 Å².